The Balaban J connectivity index is 3.05. The monoisotopic (exact) mass is 508 g/mol. The average Bonchev–Trinajstić information content (AvgIpc) is 2.80. The van der Waals surface area contributed by atoms with Gasteiger partial charge in [0.1, 0.15) is 24.2 Å². The largest absolute Gasteiger partial charge is 0.480 e. The van der Waals surface area contributed by atoms with E-state index in [1.165, 1.54) is 6.92 Å². The fraction of sp³-hybridized carbons (Fsp3) is 0.455. The van der Waals surface area contributed by atoms with Crippen LogP contribution in [0.1, 0.15) is 31.7 Å². The molecule has 1 aromatic rings. The average molecular weight is 509 g/mol. The van der Waals surface area contributed by atoms with Crippen molar-refractivity contribution in [3.8, 4) is 0 Å². The molecule has 0 saturated carbocycles. The molecule has 0 aliphatic rings. The molecule has 0 aliphatic heterocycles. The number of aliphatic carboxylic acids is 1. The Hall–Kier alpha value is -4.04. The molecule has 5 amide bonds. The molecule has 1 rings (SSSR count). The SMILES string of the molecule is CC(O)C(N)C(=O)NC(CC(N)=O)C(=O)NC(CCC(N)=O)C(=O)NC(Cc1ccccc1)C(=O)O. The van der Waals surface area contributed by atoms with E-state index in [-0.39, 0.29) is 19.3 Å². The van der Waals surface area contributed by atoms with Crippen LogP contribution in [0.3, 0.4) is 0 Å². The molecule has 0 saturated heterocycles. The van der Waals surface area contributed by atoms with Crippen molar-refractivity contribution in [1.29, 1.82) is 0 Å². The molecule has 1 aromatic carbocycles. The number of carboxylic acids is 1. The van der Waals surface area contributed by atoms with Crippen LogP contribution in [-0.2, 0) is 35.2 Å². The molecule has 14 heteroatoms. The van der Waals surface area contributed by atoms with Crippen LogP contribution in [-0.4, -0.2) is 76.0 Å². The fourth-order valence-electron chi connectivity index (χ4n) is 3.05. The predicted octanol–water partition coefficient (Wildman–Crippen LogP) is -3.38. The Morgan fingerprint density at radius 1 is 0.833 bits per heavy atom. The lowest BCUT2D eigenvalue weighted by molar-refractivity contribution is -0.142. The summed E-state index contributed by atoms with van der Waals surface area (Å²) in [6, 6.07) is 2.68. The maximum Gasteiger partial charge on any atom is 0.326 e. The minimum atomic E-state index is -1.57. The van der Waals surface area contributed by atoms with Crippen molar-refractivity contribution in [2.75, 3.05) is 0 Å². The highest BCUT2D eigenvalue weighted by Gasteiger charge is 2.32. The number of benzene rings is 1. The van der Waals surface area contributed by atoms with E-state index < -0.39 is 72.2 Å². The number of nitrogens with one attached hydrogen (secondary N) is 3. The normalized spacial score (nSPS) is 14.9. The number of aliphatic hydroxyl groups is 1. The van der Waals surface area contributed by atoms with Crippen molar-refractivity contribution in [3.63, 3.8) is 0 Å². The molecule has 0 heterocycles. The third kappa shape index (κ3) is 10.5. The number of nitrogens with two attached hydrogens (primary N) is 3. The van der Waals surface area contributed by atoms with Crippen LogP contribution in [0.2, 0.25) is 0 Å². The zero-order chi connectivity index (χ0) is 27.4. The molecule has 11 N–H and O–H groups in total. The summed E-state index contributed by atoms with van der Waals surface area (Å²) in [4.78, 5) is 72.3. The van der Waals surface area contributed by atoms with E-state index in [1.807, 2.05) is 0 Å². The molecule has 0 aliphatic carbocycles. The number of carbonyl (C=O) groups is 6. The quantitative estimate of drug-likeness (QED) is 0.117. The number of aliphatic hydroxyl groups excluding tert-OH is 1. The molecule has 0 spiro atoms. The van der Waals surface area contributed by atoms with Crippen LogP contribution >= 0.6 is 0 Å². The number of hydrogen-bond donors (Lipinski definition) is 8. The molecular weight excluding hydrogens is 476 g/mol. The summed E-state index contributed by atoms with van der Waals surface area (Å²) >= 11 is 0. The Bertz CT molecular complexity index is 955. The van der Waals surface area contributed by atoms with Crippen molar-refractivity contribution >= 4 is 35.5 Å². The van der Waals surface area contributed by atoms with Gasteiger partial charge in [-0.3, -0.25) is 24.0 Å². The van der Waals surface area contributed by atoms with Crippen LogP contribution in [0.25, 0.3) is 0 Å². The van der Waals surface area contributed by atoms with Gasteiger partial charge in [-0.15, -0.1) is 0 Å². The lowest BCUT2D eigenvalue weighted by Crippen LogP contribution is -2.58. The van der Waals surface area contributed by atoms with Crippen LogP contribution in [0.5, 0.6) is 0 Å². The lowest BCUT2D eigenvalue weighted by atomic mass is 10.0. The molecule has 0 aromatic heterocycles. The Labute approximate surface area is 206 Å². The second kappa shape index (κ2) is 14.4. The summed E-state index contributed by atoms with van der Waals surface area (Å²) < 4.78 is 0. The number of carboxylic acid groups (broad SMARTS) is 1. The first-order valence-corrected chi connectivity index (χ1v) is 11.0. The second-order valence-corrected chi connectivity index (χ2v) is 8.15. The van der Waals surface area contributed by atoms with Gasteiger partial charge in [-0.05, 0) is 18.9 Å². The number of rotatable bonds is 15. The molecule has 0 fully saturated rings. The van der Waals surface area contributed by atoms with Gasteiger partial charge >= 0.3 is 5.97 Å². The van der Waals surface area contributed by atoms with E-state index >= 15 is 0 Å². The Kier molecular flexibility index (Phi) is 12.0. The van der Waals surface area contributed by atoms with E-state index in [1.54, 1.807) is 30.3 Å². The molecule has 198 valence electrons. The van der Waals surface area contributed by atoms with Gasteiger partial charge in [-0.2, -0.15) is 0 Å². The van der Waals surface area contributed by atoms with E-state index in [4.69, 9.17) is 17.2 Å². The highest BCUT2D eigenvalue weighted by molar-refractivity contribution is 5.96. The summed E-state index contributed by atoms with van der Waals surface area (Å²) in [6.07, 6.45) is -2.63. The third-order valence-corrected chi connectivity index (χ3v) is 5.07. The summed E-state index contributed by atoms with van der Waals surface area (Å²) in [6.45, 7) is 1.24. The van der Waals surface area contributed by atoms with E-state index in [0.717, 1.165) is 0 Å². The summed E-state index contributed by atoms with van der Waals surface area (Å²) in [5, 5.41) is 25.8. The molecule has 5 atom stereocenters. The van der Waals surface area contributed by atoms with Gasteiger partial charge in [0, 0.05) is 12.8 Å². The summed E-state index contributed by atoms with van der Waals surface area (Å²) in [7, 11) is 0. The van der Waals surface area contributed by atoms with Crippen molar-refractivity contribution in [2.24, 2.45) is 17.2 Å². The highest BCUT2D eigenvalue weighted by Crippen LogP contribution is 2.06. The second-order valence-electron chi connectivity index (χ2n) is 8.15. The van der Waals surface area contributed by atoms with Gasteiger partial charge in [0.15, 0.2) is 0 Å². The van der Waals surface area contributed by atoms with E-state index in [2.05, 4.69) is 16.0 Å². The summed E-state index contributed by atoms with van der Waals surface area (Å²) in [5.41, 5.74) is 16.5. The predicted molar refractivity (Wildman–Crippen MR) is 125 cm³/mol. The van der Waals surface area contributed by atoms with E-state index in [0.29, 0.717) is 5.56 Å². The molecule has 0 radical (unpaired) electrons. The van der Waals surface area contributed by atoms with Crippen molar-refractivity contribution in [2.45, 2.75) is 62.9 Å². The number of amides is 5. The number of primary amides is 2. The number of hydrogen-bond acceptors (Lipinski definition) is 8. The van der Waals surface area contributed by atoms with Crippen molar-refractivity contribution in [1.82, 2.24) is 16.0 Å². The minimum Gasteiger partial charge on any atom is -0.480 e. The van der Waals surface area contributed by atoms with Crippen LogP contribution in [0.15, 0.2) is 30.3 Å². The van der Waals surface area contributed by atoms with Gasteiger partial charge in [0.25, 0.3) is 0 Å². The van der Waals surface area contributed by atoms with Crippen LogP contribution in [0.4, 0.5) is 0 Å². The van der Waals surface area contributed by atoms with Gasteiger partial charge in [0.05, 0.1) is 12.5 Å². The molecular formula is C22H32N6O8. The minimum absolute atomic E-state index is 0.0595. The first-order chi connectivity index (χ1) is 16.8. The van der Waals surface area contributed by atoms with Gasteiger partial charge in [-0.25, -0.2) is 4.79 Å². The van der Waals surface area contributed by atoms with Gasteiger partial charge in [0.2, 0.25) is 29.5 Å². The van der Waals surface area contributed by atoms with Crippen LogP contribution < -0.4 is 33.2 Å². The van der Waals surface area contributed by atoms with Crippen molar-refractivity contribution in [3.05, 3.63) is 35.9 Å². The maximum absolute atomic E-state index is 12.9. The highest BCUT2D eigenvalue weighted by atomic mass is 16.4. The van der Waals surface area contributed by atoms with Gasteiger partial charge < -0.3 is 43.4 Å². The van der Waals surface area contributed by atoms with Crippen molar-refractivity contribution < 1.29 is 39.0 Å². The Morgan fingerprint density at radius 3 is 1.86 bits per heavy atom. The Morgan fingerprint density at radius 2 is 1.36 bits per heavy atom. The zero-order valence-corrected chi connectivity index (χ0v) is 19.7. The topological polar surface area (TPSA) is 257 Å². The van der Waals surface area contributed by atoms with E-state index in [9.17, 15) is 39.0 Å². The standard InChI is InChI=1S/C22H32N6O8/c1-11(29)18(25)21(34)27-14(10-17(24)31)20(33)26-13(7-8-16(23)30)19(32)28-15(22(35)36)9-12-5-3-2-4-6-12/h2-6,11,13-15,18,29H,7-10,25H2,1H3,(H2,23,30)(H2,24,31)(H,26,33)(H,27,34)(H,28,32)(H,35,36). The van der Waals surface area contributed by atoms with Crippen LogP contribution in [0, 0.1) is 0 Å². The smallest absolute Gasteiger partial charge is 0.326 e. The fourth-order valence-corrected chi connectivity index (χ4v) is 3.05. The first-order valence-electron chi connectivity index (χ1n) is 11.0. The zero-order valence-electron chi connectivity index (χ0n) is 19.7. The first kappa shape index (κ1) is 30.0. The number of carbonyl (C=O) groups excluding carboxylic acids is 5. The molecule has 0 bridgehead atoms. The molecule has 5 unspecified atom stereocenters. The summed E-state index contributed by atoms with van der Waals surface area (Å²) in [5.74, 6) is -6.01. The third-order valence-electron chi connectivity index (χ3n) is 5.07. The lowest BCUT2D eigenvalue weighted by Gasteiger charge is -2.25. The van der Waals surface area contributed by atoms with Gasteiger partial charge in [-0.1, -0.05) is 30.3 Å². The molecule has 36 heavy (non-hydrogen) atoms. The molecule has 14 nitrogen and oxygen atoms in total. The maximum atomic E-state index is 12.9.